The van der Waals surface area contributed by atoms with Crippen LogP contribution in [0.25, 0.3) is 0 Å². The van der Waals surface area contributed by atoms with Crippen molar-refractivity contribution in [1.29, 1.82) is 0 Å². The molecule has 1 atom stereocenters. The first-order chi connectivity index (χ1) is 12.4. The second-order valence-corrected chi connectivity index (χ2v) is 5.52. The Morgan fingerprint density at radius 1 is 1.08 bits per heavy atom. The molecule has 0 aromatic heterocycles. The largest absolute Gasteiger partial charge is 0.486 e. The lowest BCUT2D eigenvalue weighted by Crippen LogP contribution is -2.30. The summed E-state index contributed by atoms with van der Waals surface area (Å²) in [5.41, 5.74) is -0.0273. The minimum Gasteiger partial charge on any atom is -0.486 e. The monoisotopic (exact) mass is 363 g/mol. The third-order valence-corrected chi connectivity index (χ3v) is 3.61. The second-order valence-electron chi connectivity index (χ2n) is 5.52. The quantitative estimate of drug-likeness (QED) is 0.846. The Bertz CT molecular complexity index is 855. The van der Waals surface area contributed by atoms with Crippen LogP contribution < -0.4 is 14.8 Å². The molecule has 0 unspecified atom stereocenters. The molecule has 1 aliphatic heterocycles. The lowest BCUT2D eigenvalue weighted by molar-refractivity contribution is -0.123. The van der Waals surface area contributed by atoms with Gasteiger partial charge < -0.3 is 19.5 Å². The van der Waals surface area contributed by atoms with E-state index in [4.69, 9.17) is 14.2 Å². The van der Waals surface area contributed by atoms with E-state index < -0.39 is 35.2 Å². The van der Waals surface area contributed by atoms with E-state index in [2.05, 4.69) is 5.32 Å². The predicted octanol–water partition coefficient (Wildman–Crippen LogP) is 2.92. The first-order valence-corrected chi connectivity index (χ1v) is 7.80. The Labute approximate surface area is 147 Å². The Hall–Kier alpha value is -3.16. The van der Waals surface area contributed by atoms with E-state index >= 15 is 0 Å². The molecule has 26 heavy (non-hydrogen) atoms. The fraction of sp³-hybridized carbons (Fsp3) is 0.222. The molecular weight excluding hydrogens is 348 g/mol. The Morgan fingerprint density at radius 2 is 1.81 bits per heavy atom. The second kappa shape index (κ2) is 7.38. The van der Waals surface area contributed by atoms with Crippen molar-refractivity contribution in [2.45, 2.75) is 13.0 Å². The van der Waals surface area contributed by atoms with Gasteiger partial charge >= 0.3 is 5.97 Å². The number of anilines is 1. The normalized spacial score (nSPS) is 13.7. The summed E-state index contributed by atoms with van der Waals surface area (Å²) in [4.78, 5) is 24.1. The SMILES string of the molecule is C[C@H](OC(=O)c1ccc(F)cc1F)C(=O)Nc1ccc2c(c1)OCCO2. The summed E-state index contributed by atoms with van der Waals surface area (Å²) in [6, 6.07) is 7.30. The fourth-order valence-corrected chi connectivity index (χ4v) is 2.30. The van der Waals surface area contributed by atoms with Crippen LogP contribution >= 0.6 is 0 Å². The van der Waals surface area contributed by atoms with Gasteiger partial charge in [-0.1, -0.05) is 0 Å². The summed E-state index contributed by atoms with van der Waals surface area (Å²) >= 11 is 0. The van der Waals surface area contributed by atoms with Crippen molar-refractivity contribution in [2.75, 3.05) is 18.5 Å². The summed E-state index contributed by atoms with van der Waals surface area (Å²) in [6.45, 7) is 2.19. The molecule has 2 aromatic carbocycles. The minimum atomic E-state index is -1.19. The summed E-state index contributed by atoms with van der Waals surface area (Å²) in [7, 11) is 0. The lowest BCUT2D eigenvalue weighted by atomic mass is 10.2. The smallest absolute Gasteiger partial charge is 0.341 e. The average Bonchev–Trinajstić information content (AvgIpc) is 2.61. The fourth-order valence-electron chi connectivity index (χ4n) is 2.30. The molecule has 0 saturated heterocycles. The van der Waals surface area contributed by atoms with Crippen LogP contribution in [0.4, 0.5) is 14.5 Å². The number of nitrogens with one attached hydrogen (secondary N) is 1. The molecule has 6 nitrogen and oxygen atoms in total. The van der Waals surface area contributed by atoms with E-state index in [1.165, 1.54) is 6.92 Å². The molecule has 1 aliphatic rings. The van der Waals surface area contributed by atoms with Crippen LogP contribution in [0.15, 0.2) is 36.4 Å². The number of fused-ring (bicyclic) bond motifs is 1. The number of hydrogen-bond donors (Lipinski definition) is 1. The van der Waals surface area contributed by atoms with Gasteiger partial charge in [-0.2, -0.15) is 0 Å². The molecule has 3 rings (SSSR count). The van der Waals surface area contributed by atoms with Gasteiger partial charge in [0.1, 0.15) is 24.8 Å². The van der Waals surface area contributed by atoms with Crippen LogP contribution in [0.3, 0.4) is 0 Å². The van der Waals surface area contributed by atoms with Crippen molar-refractivity contribution in [2.24, 2.45) is 0 Å². The maximum absolute atomic E-state index is 13.6. The van der Waals surface area contributed by atoms with Gasteiger partial charge in [-0.25, -0.2) is 13.6 Å². The van der Waals surface area contributed by atoms with E-state index in [9.17, 15) is 18.4 Å². The highest BCUT2D eigenvalue weighted by atomic mass is 19.1. The number of halogens is 2. The van der Waals surface area contributed by atoms with Gasteiger partial charge in [-0.05, 0) is 31.2 Å². The number of rotatable bonds is 4. The van der Waals surface area contributed by atoms with E-state index in [1.807, 2.05) is 0 Å². The number of carbonyl (C=O) groups excluding carboxylic acids is 2. The van der Waals surface area contributed by atoms with E-state index in [0.717, 1.165) is 12.1 Å². The van der Waals surface area contributed by atoms with Gasteiger partial charge in [0.05, 0.1) is 5.56 Å². The van der Waals surface area contributed by atoms with E-state index in [1.54, 1.807) is 18.2 Å². The molecule has 1 amide bonds. The molecule has 0 fully saturated rings. The molecule has 0 bridgehead atoms. The highest BCUT2D eigenvalue weighted by Gasteiger charge is 2.22. The van der Waals surface area contributed by atoms with E-state index in [-0.39, 0.29) is 0 Å². The van der Waals surface area contributed by atoms with Gasteiger partial charge in [0, 0.05) is 17.8 Å². The maximum atomic E-state index is 13.6. The number of hydrogen-bond acceptors (Lipinski definition) is 5. The third kappa shape index (κ3) is 3.90. The molecule has 1 heterocycles. The highest BCUT2D eigenvalue weighted by Crippen LogP contribution is 2.32. The van der Waals surface area contributed by atoms with Crippen molar-refractivity contribution in [3.05, 3.63) is 53.6 Å². The summed E-state index contributed by atoms with van der Waals surface area (Å²) in [5.74, 6) is -2.49. The first-order valence-electron chi connectivity index (χ1n) is 7.80. The summed E-state index contributed by atoms with van der Waals surface area (Å²) in [6.07, 6.45) is -1.19. The van der Waals surface area contributed by atoms with Crippen LogP contribution in [-0.4, -0.2) is 31.2 Å². The molecule has 1 N–H and O–H groups in total. The zero-order valence-corrected chi connectivity index (χ0v) is 13.8. The molecule has 8 heteroatoms. The summed E-state index contributed by atoms with van der Waals surface area (Å²) < 4.78 is 42.2. The molecule has 0 radical (unpaired) electrons. The van der Waals surface area contributed by atoms with Crippen LogP contribution in [-0.2, 0) is 9.53 Å². The standard InChI is InChI=1S/C18H15F2NO5/c1-10(26-18(23)13-4-2-11(19)8-14(13)20)17(22)21-12-3-5-15-16(9-12)25-7-6-24-15/h2-5,8-10H,6-7H2,1H3,(H,21,22)/t10-/m0/s1. The molecule has 0 spiro atoms. The lowest BCUT2D eigenvalue weighted by Gasteiger charge is -2.19. The number of benzene rings is 2. The predicted molar refractivity (Wildman–Crippen MR) is 87.3 cm³/mol. The third-order valence-electron chi connectivity index (χ3n) is 3.61. The summed E-state index contributed by atoms with van der Waals surface area (Å²) in [5, 5.41) is 2.57. The van der Waals surface area contributed by atoms with Crippen molar-refractivity contribution in [3.8, 4) is 11.5 Å². The van der Waals surface area contributed by atoms with Crippen molar-refractivity contribution in [3.63, 3.8) is 0 Å². The van der Waals surface area contributed by atoms with Crippen molar-refractivity contribution in [1.82, 2.24) is 0 Å². The highest BCUT2D eigenvalue weighted by molar-refractivity contribution is 5.97. The molecule has 0 aliphatic carbocycles. The molecule has 136 valence electrons. The molecule has 2 aromatic rings. The van der Waals surface area contributed by atoms with Gasteiger partial charge in [0.2, 0.25) is 0 Å². The van der Waals surface area contributed by atoms with Crippen LogP contribution in [0.1, 0.15) is 17.3 Å². The van der Waals surface area contributed by atoms with Crippen LogP contribution in [0, 0.1) is 11.6 Å². The van der Waals surface area contributed by atoms with Gasteiger partial charge in [0.15, 0.2) is 17.6 Å². The Balaban J connectivity index is 1.63. The maximum Gasteiger partial charge on any atom is 0.341 e. The van der Waals surface area contributed by atoms with Gasteiger partial charge in [-0.3, -0.25) is 4.79 Å². The number of ether oxygens (including phenoxy) is 3. The Kier molecular flexibility index (Phi) is 5.01. The number of esters is 1. The van der Waals surface area contributed by atoms with Crippen molar-refractivity contribution < 1.29 is 32.6 Å². The van der Waals surface area contributed by atoms with Crippen LogP contribution in [0.2, 0.25) is 0 Å². The van der Waals surface area contributed by atoms with Crippen LogP contribution in [0.5, 0.6) is 11.5 Å². The first kappa shape index (κ1) is 17.7. The van der Waals surface area contributed by atoms with Gasteiger partial charge in [0.25, 0.3) is 5.91 Å². The zero-order valence-electron chi connectivity index (χ0n) is 13.8. The van der Waals surface area contributed by atoms with Crippen molar-refractivity contribution >= 4 is 17.6 Å². The molecular formula is C18H15F2NO5. The topological polar surface area (TPSA) is 73.9 Å². The van der Waals surface area contributed by atoms with Gasteiger partial charge in [-0.15, -0.1) is 0 Å². The molecule has 0 saturated carbocycles. The number of carbonyl (C=O) groups is 2. The minimum absolute atomic E-state index is 0.404. The average molecular weight is 363 g/mol. The zero-order chi connectivity index (χ0) is 18.7. The number of amides is 1. The van der Waals surface area contributed by atoms with E-state index in [0.29, 0.717) is 36.5 Å². The Morgan fingerprint density at radius 3 is 2.54 bits per heavy atom.